The van der Waals surface area contributed by atoms with Crippen molar-refractivity contribution in [1.82, 2.24) is 0 Å². The highest BCUT2D eigenvalue weighted by atomic mass is 16.5. The van der Waals surface area contributed by atoms with Gasteiger partial charge in [-0.25, -0.2) is 0 Å². The minimum absolute atomic E-state index is 0.0203. The molecule has 1 unspecified atom stereocenters. The van der Waals surface area contributed by atoms with Gasteiger partial charge in [-0.1, -0.05) is 6.07 Å². The van der Waals surface area contributed by atoms with E-state index in [0.717, 1.165) is 0 Å². The Labute approximate surface area is 151 Å². The Kier molecular flexibility index (Phi) is 3.78. The summed E-state index contributed by atoms with van der Waals surface area (Å²) in [5.74, 6) is 0.598. The lowest BCUT2D eigenvalue weighted by atomic mass is 9.83. The van der Waals surface area contributed by atoms with Crippen molar-refractivity contribution in [2.45, 2.75) is 44.0 Å². The number of aliphatic hydroxyl groups excluding tert-OH is 2. The number of phenols is 2. The molecule has 0 saturated carbocycles. The van der Waals surface area contributed by atoms with Crippen LogP contribution in [0.5, 0.6) is 23.0 Å². The first kappa shape index (κ1) is 17.0. The SMILES string of the molecule is CC1(C)Oc2ccc([C@@H]3COc4cc(O)ccc4[C@H]3O)c(O)c2CC1O. The molecule has 0 fully saturated rings. The quantitative estimate of drug-likeness (QED) is 0.625. The molecule has 2 aromatic rings. The van der Waals surface area contributed by atoms with Crippen molar-refractivity contribution in [3.63, 3.8) is 0 Å². The highest BCUT2D eigenvalue weighted by Gasteiger charge is 2.39. The van der Waals surface area contributed by atoms with Gasteiger partial charge in [0.1, 0.15) is 28.6 Å². The van der Waals surface area contributed by atoms with Crippen LogP contribution in [0.3, 0.4) is 0 Å². The number of aromatic hydroxyl groups is 2. The fourth-order valence-electron chi connectivity index (χ4n) is 3.66. The maximum Gasteiger partial charge on any atom is 0.129 e. The Bertz CT molecular complexity index is 860. The number of ether oxygens (including phenoxy) is 2. The summed E-state index contributed by atoms with van der Waals surface area (Å²) in [6, 6.07) is 8.06. The van der Waals surface area contributed by atoms with Gasteiger partial charge in [-0.05, 0) is 32.0 Å². The summed E-state index contributed by atoms with van der Waals surface area (Å²) in [5.41, 5.74) is 0.923. The smallest absolute Gasteiger partial charge is 0.129 e. The van der Waals surface area contributed by atoms with Gasteiger partial charge in [0.15, 0.2) is 0 Å². The number of hydrogen-bond acceptors (Lipinski definition) is 6. The summed E-state index contributed by atoms with van der Waals surface area (Å²) in [5, 5.41) is 41.4. The molecule has 2 aliphatic heterocycles. The van der Waals surface area contributed by atoms with E-state index in [9.17, 15) is 20.4 Å². The Balaban J connectivity index is 1.72. The Hall–Kier alpha value is -2.44. The highest BCUT2D eigenvalue weighted by molar-refractivity contribution is 5.54. The van der Waals surface area contributed by atoms with Gasteiger partial charge in [0.2, 0.25) is 0 Å². The van der Waals surface area contributed by atoms with Gasteiger partial charge in [0.05, 0.1) is 24.7 Å². The number of benzene rings is 2. The average molecular weight is 358 g/mol. The topological polar surface area (TPSA) is 99.4 Å². The van der Waals surface area contributed by atoms with Crippen LogP contribution >= 0.6 is 0 Å². The van der Waals surface area contributed by atoms with Gasteiger partial charge < -0.3 is 29.9 Å². The van der Waals surface area contributed by atoms with Crippen LogP contribution < -0.4 is 9.47 Å². The van der Waals surface area contributed by atoms with Crippen LogP contribution in [0.4, 0.5) is 0 Å². The molecule has 0 saturated heterocycles. The molecule has 138 valence electrons. The minimum Gasteiger partial charge on any atom is -0.508 e. The summed E-state index contributed by atoms with van der Waals surface area (Å²) in [4.78, 5) is 0. The van der Waals surface area contributed by atoms with Crippen LogP contribution in [0.25, 0.3) is 0 Å². The molecule has 2 aliphatic rings. The van der Waals surface area contributed by atoms with Crippen molar-refractivity contribution >= 4 is 0 Å². The largest absolute Gasteiger partial charge is 0.508 e. The first-order valence-electron chi connectivity index (χ1n) is 8.63. The van der Waals surface area contributed by atoms with E-state index in [0.29, 0.717) is 28.2 Å². The summed E-state index contributed by atoms with van der Waals surface area (Å²) >= 11 is 0. The van der Waals surface area contributed by atoms with Crippen molar-refractivity contribution in [1.29, 1.82) is 0 Å². The fourth-order valence-corrected chi connectivity index (χ4v) is 3.66. The second-order valence-corrected chi connectivity index (χ2v) is 7.49. The van der Waals surface area contributed by atoms with E-state index in [-0.39, 0.29) is 24.5 Å². The summed E-state index contributed by atoms with van der Waals surface area (Å²) < 4.78 is 11.5. The molecule has 0 radical (unpaired) electrons. The van der Waals surface area contributed by atoms with Crippen molar-refractivity contribution in [2.75, 3.05) is 6.61 Å². The van der Waals surface area contributed by atoms with E-state index in [1.807, 2.05) is 0 Å². The molecule has 4 N–H and O–H groups in total. The minimum atomic E-state index is -0.880. The second kappa shape index (κ2) is 5.79. The standard InChI is InChI=1S/C20H22O6/c1-20(2)17(22)8-13-15(26-20)6-5-11(18(13)23)14-9-25-16-7-10(21)3-4-12(16)19(14)24/h3-7,14,17,19,21-24H,8-9H2,1-2H3/t14-,17?,19+/m0/s1. The van der Waals surface area contributed by atoms with Gasteiger partial charge in [-0.15, -0.1) is 0 Å². The van der Waals surface area contributed by atoms with Gasteiger partial charge in [0.25, 0.3) is 0 Å². The zero-order valence-electron chi connectivity index (χ0n) is 14.6. The lowest BCUT2D eigenvalue weighted by Crippen LogP contribution is -2.46. The van der Waals surface area contributed by atoms with E-state index in [4.69, 9.17) is 9.47 Å². The number of rotatable bonds is 1. The van der Waals surface area contributed by atoms with Gasteiger partial charge in [0, 0.05) is 29.2 Å². The van der Waals surface area contributed by atoms with Crippen LogP contribution in [0, 0.1) is 0 Å². The molecule has 6 nitrogen and oxygen atoms in total. The van der Waals surface area contributed by atoms with E-state index >= 15 is 0 Å². The molecule has 2 aromatic carbocycles. The summed E-state index contributed by atoms with van der Waals surface area (Å²) in [6.07, 6.45) is -1.35. The zero-order valence-corrected chi connectivity index (χ0v) is 14.6. The third-order valence-electron chi connectivity index (χ3n) is 5.36. The maximum atomic E-state index is 10.8. The molecule has 26 heavy (non-hydrogen) atoms. The predicted octanol–water partition coefficient (Wildman–Crippen LogP) is 2.38. The third-order valence-corrected chi connectivity index (χ3v) is 5.36. The molecule has 6 heteroatoms. The summed E-state index contributed by atoms with van der Waals surface area (Å²) in [7, 11) is 0. The molecule has 0 spiro atoms. The van der Waals surface area contributed by atoms with Crippen molar-refractivity contribution in [3.8, 4) is 23.0 Å². The first-order chi connectivity index (χ1) is 12.3. The number of fused-ring (bicyclic) bond motifs is 2. The molecule has 0 bridgehead atoms. The molecular weight excluding hydrogens is 336 g/mol. The Morgan fingerprint density at radius 3 is 2.50 bits per heavy atom. The van der Waals surface area contributed by atoms with Gasteiger partial charge in [-0.2, -0.15) is 0 Å². The number of hydrogen-bond donors (Lipinski definition) is 4. The average Bonchev–Trinajstić information content (AvgIpc) is 2.58. The lowest BCUT2D eigenvalue weighted by Gasteiger charge is -2.38. The monoisotopic (exact) mass is 358 g/mol. The first-order valence-corrected chi connectivity index (χ1v) is 8.63. The zero-order chi connectivity index (χ0) is 18.6. The van der Waals surface area contributed by atoms with E-state index in [1.165, 1.54) is 12.1 Å². The van der Waals surface area contributed by atoms with Crippen molar-refractivity contribution in [3.05, 3.63) is 47.0 Å². The fraction of sp³-hybridized carbons (Fsp3) is 0.400. The molecule has 0 aliphatic carbocycles. The molecular formula is C20H22O6. The lowest BCUT2D eigenvalue weighted by molar-refractivity contribution is -0.0418. The van der Waals surface area contributed by atoms with Crippen molar-refractivity contribution < 1.29 is 29.9 Å². The molecule has 4 rings (SSSR count). The van der Waals surface area contributed by atoms with Crippen LogP contribution in [0.1, 0.15) is 42.6 Å². The molecule has 0 aromatic heterocycles. The normalized spacial score (nSPS) is 26.2. The van der Waals surface area contributed by atoms with E-state index in [1.54, 1.807) is 32.0 Å². The van der Waals surface area contributed by atoms with Gasteiger partial charge >= 0.3 is 0 Å². The van der Waals surface area contributed by atoms with Crippen LogP contribution in [0.2, 0.25) is 0 Å². The number of aliphatic hydroxyl groups is 2. The summed E-state index contributed by atoms with van der Waals surface area (Å²) in [6.45, 7) is 3.77. The van der Waals surface area contributed by atoms with Crippen LogP contribution in [-0.4, -0.2) is 38.7 Å². The van der Waals surface area contributed by atoms with Crippen LogP contribution in [-0.2, 0) is 6.42 Å². The van der Waals surface area contributed by atoms with E-state index < -0.39 is 23.7 Å². The van der Waals surface area contributed by atoms with Crippen LogP contribution in [0.15, 0.2) is 30.3 Å². The van der Waals surface area contributed by atoms with Gasteiger partial charge in [-0.3, -0.25) is 0 Å². The van der Waals surface area contributed by atoms with E-state index in [2.05, 4.69) is 0 Å². The maximum absolute atomic E-state index is 10.8. The Morgan fingerprint density at radius 1 is 1.00 bits per heavy atom. The predicted molar refractivity (Wildman–Crippen MR) is 93.8 cm³/mol. The number of phenolic OH excluding ortho intramolecular Hbond substituents is 2. The Morgan fingerprint density at radius 2 is 1.73 bits per heavy atom. The molecule has 3 atom stereocenters. The van der Waals surface area contributed by atoms with Crippen molar-refractivity contribution in [2.24, 2.45) is 0 Å². The molecule has 2 heterocycles. The third kappa shape index (κ3) is 2.57. The molecule has 0 amide bonds. The highest BCUT2D eigenvalue weighted by Crippen LogP contribution is 2.47. The second-order valence-electron chi connectivity index (χ2n) is 7.49.